The molecule has 1 aromatic heterocycles. The fraction of sp³-hybridized carbons (Fsp3) is 0.182. The summed E-state index contributed by atoms with van der Waals surface area (Å²) in [6.07, 6.45) is 3.52. The monoisotopic (exact) mass is 188 g/mol. The molecule has 0 atom stereocenters. The first-order chi connectivity index (χ1) is 6.81. The van der Waals surface area contributed by atoms with Crippen LogP contribution in [0, 0.1) is 0 Å². The molecule has 2 rings (SSSR count). The van der Waals surface area contributed by atoms with Gasteiger partial charge in [-0.3, -0.25) is 0 Å². The highest BCUT2D eigenvalue weighted by molar-refractivity contribution is 5.76. The van der Waals surface area contributed by atoms with Gasteiger partial charge in [0, 0.05) is 13.1 Å². The van der Waals surface area contributed by atoms with Crippen LogP contribution in [0.3, 0.4) is 0 Å². The van der Waals surface area contributed by atoms with Gasteiger partial charge in [0.2, 0.25) is 0 Å². The Labute approximate surface area is 82.6 Å². The maximum Gasteiger partial charge on any atom is 0.122 e. The molecule has 0 bridgehead atoms. The van der Waals surface area contributed by atoms with Crippen molar-refractivity contribution in [2.75, 3.05) is 6.61 Å². The molecule has 2 aromatic rings. The van der Waals surface area contributed by atoms with Gasteiger partial charge in [-0.2, -0.15) is 0 Å². The molecule has 3 heteroatoms. The van der Waals surface area contributed by atoms with E-state index in [1.807, 2.05) is 29.8 Å². The number of hydrogen-bond acceptors (Lipinski definition) is 2. The topological polar surface area (TPSA) is 27.1 Å². The molecule has 0 fully saturated rings. The third-order valence-electron chi connectivity index (χ3n) is 2.06. The highest BCUT2D eigenvalue weighted by Gasteiger charge is 2.00. The molecule has 1 heterocycles. The summed E-state index contributed by atoms with van der Waals surface area (Å²) in [6.45, 7) is 4.12. The first-order valence-electron chi connectivity index (χ1n) is 4.46. The first kappa shape index (κ1) is 8.81. The van der Waals surface area contributed by atoms with Gasteiger partial charge >= 0.3 is 0 Å². The van der Waals surface area contributed by atoms with Crippen LogP contribution in [-0.2, 0) is 7.05 Å². The third-order valence-corrected chi connectivity index (χ3v) is 2.06. The molecule has 0 spiro atoms. The molecule has 0 saturated carbocycles. The maximum atomic E-state index is 5.41. The Kier molecular flexibility index (Phi) is 2.23. The average molecular weight is 188 g/mol. The number of rotatable bonds is 3. The smallest absolute Gasteiger partial charge is 0.122 e. The molecule has 0 aliphatic heterocycles. The second-order valence-electron chi connectivity index (χ2n) is 3.11. The van der Waals surface area contributed by atoms with Crippen molar-refractivity contribution in [3.63, 3.8) is 0 Å². The van der Waals surface area contributed by atoms with Crippen LogP contribution in [0.1, 0.15) is 0 Å². The number of benzene rings is 1. The summed E-state index contributed by atoms with van der Waals surface area (Å²) in [5.41, 5.74) is 2.06. The lowest BCUT2D eigenvalue weighted by Gasteiger charge is -2.02. The standard InChI is InChI=1S/C11H12N2O/c1-3-6-14-9-4-5-11-10(7-9)12-8-13(11)2/h3-5,7-8H,1,6H2,2H3. The third kappa shape index (κ3) is 1.48. The van der Waals surface area contributed by atoms with Gasteiger partial charge in [-0.25, -0.2) is 4.98 Å². The lowest BCUT2D eigenvalue weighted by molar-refractivity contribution is 0.363. The van der Waals surface area contributed by atoms with Crippen molar-refractivity contribution in [2.24, 2.45) is 7.05 Å². The quantitative estimate of drug-likeness (QED) is 0.690. The number of aryl methyl sites for hydroxylation is 1. The number of hydrogen-bond donors (Lipinski definition) is 0. The zero-order valence-electron chi connectivity index (χ0n) is 8.10. The Morgan fingerprint density at radius 3 is 3.21 bits per heavy atom. The van der Waals surface area contributed by atoms with Crippen molar-refractivity contribution in [1.82, 2.24) is 9.55 Å². The lowest BCUT2D eigenvalue weighted by Crippen LogP contribution is -1.92. The summed E-state index contributed by atoms with van der Waals surface area (Å²) < 4.78 is 7.38. The number of nitrogens with zero attached hydrogens (tertiary/aromatic N) is 2. The van der Waals surface area contributed by atoms with E-state index < -0.39 is 0 Å². The number of aromatic nitrogens is 2. The number of ether oxygens (including phenoxy) is 1. The number of imidazole rings is 1. The summed E-state index contributed by atoms with van der Waals surface area (Å²) >= 11 is 0. The Hall–Kier alpha value is -1.77. The molecule has 3 nitrogen and oxygen atoms in total. The lowest BCUT2D eigenvalue weighted by atomic mass is 10.3. The minimum atomic E-state index is 0.526. The molecule has 0 saturated heterocycles. The molecule has 72 valence electrons. The summed E-state index contributed by atoms with van der Waals surface area (Å²) in [4.78, 5) is 4.24. The van der Waals surface area contributed by atoms with E-state index in [0.717, 1.165) is 16.8 Å². The zero-order valence-corrected chi connectivity index (χ0v) is 8.10. The normalized spacial score (nSPS) is 10.4. The number of fused-ring (bicyclic) bond motifs is 1. The van der Waals surface area contributed by atoms with Crippen LogP contribution in [0.25, 0.3) is 11.0 Å². The molecule has 14 heavy (non-hydrogen) atoms. The Morgan fingerprint density at radius 1 is 1.57 bits per heavy atom. The largest absolute Gasteiger partial charge is 0.489 e. The second kappa shape index (κ2) is 3.54. The van der Waals surface area contributed by atoms with Gasteiger partial charge in [-0.05, 0) is 12.1 Å². The van der Waals surface area contributed by atoms with Crippen molar-refractivity contribution < 1.29 is 4.74 Å². The highest BCUT2D eigenvalue weighted by atomic mass is 16.5. The maximum absolute atomic E-state index is 5.41. The molecular weight excluding hydrogens is 176 g/mol. The Balaban J connectivity index is 2.36. The van der Waals surface area contributed by atoms with Gasteiger partial charge in [0.25, 0.3) is 0 Å². The molecular formula is C11H12N2O. The van der Waals surface area contributed by atoms with Gasteiger partial charge < -0.3 is 9.30 Å². The molecule has 0 aliphatic carbocycles. The van der Waals surface area contributed by atoms with E-state index in [1.54, 1.807) is 12.4 Å². The van der Waals surface area contributed by atoms with Gasteiger partial charge in [0.05, 0.1) is 17.4 Å². The van der Waals surface area contributed by atoms with Crippen LogP contribution in [0.4, 0.5) is 0 Å². The van der Waals surface area contributed by atoms with E-state index in [9.17, 15) is 0 Å². The van der Waals surface area contributed by atoms with Gasteiger partial charge in [0.1, 0.15) is 12.4 Å². The molecule has 0 radical (unpaired) electrons. The van der Waals surface area contributed by atoms with Crippen LogP contribution in [0.2, 0.25) is 0 Å². The van der Waals surface area contributed by atoms with Crippen LogP contribution in [0.15, 0.2) is 37.2 Å². The summed E-state index contributed by atoms with van der Waals surface area (Å²) in [5, 5.41) is 0. The van der Waals surface area contributed by atoms with Gasteiger partial charge in [-0.1, -0.05) is 12.7 Å². The summed E-state index contributed by atoms with van der Waals surface area (Å²) in [7, 11) is 1.97. The molecule has 0 unspecified atom stereocenters. The van der Waals surface area contributed by atoms with Crippen molar-refractivity contribution in [2.45, 2.75) is 0 Å². The summed E-state index contributed by atoms with van der Waals surface area (Å²) in [5.74, 6) is 0.830. The fourth-order valence-electron chi connectivity index (χ4n) is 1.36. The fourth-order valence-corrected chi connectivity index (χ4v) is 1.36. The van der Waals surface area contributed by atoms with E-state index in [4.69, 9.17) is 4.74 Å². The van der Waals surface area contributed by atoms with Gasteiger partial charge in [0.15, 0.2) is 0 Å². The second-order valence-corrected chi connectivity index (χ2v) is 3.11. The van der Waals surface area contributed by atoms with Crippen molar-refractivity contribution >= 4 is 11.0 Å². The van der Waals surface area contributed by atoms with Crippen molar-refractivity contribution in [3.8, 4) is 5.75 Å². The van der Waals surface area contributed by atoms with Crippen LogP contribution in [0.5, 0.6) is 5.75 Å². The molecule has 1 aromatic carbocycles. The minimum Gasteiger partial charge on any atom is -0.489 e. The molecule has 0 N–H and O–H groups in total. The van der Waals surface area contributed by atoms with Gasteiger partial charge in [-0.15, -0.1) is 0 Å². The van der Waals surface area contributed by atoms with E-state index in [1.165, 1.54) is 0 Å². The first-order valence-corrected chi connectivity index (χ1v) is 4.46. The summed E-state index contributed by atoms with van der Waals surface area (Å²) in [6, 6.07) is 5.87. The van der Waals surface area contributed by atoms with Crippen LogP contribution >= 0.6 is 0 Å². The van der Waals surface area contributed by atoms with Crippen LogP contribution < -0.4 is 4.74 Å². The highest BCUT2D eigenvalue weighted by Crippen LogP contribution is 2.18. The van der Waals surface area contributed by atoms with E-state index in [-0.39, 0.29) is 0 Å². The predicted octanol–water partition coefficient (Wildman–Crippen LogP) is 2.14. The van der Waals surface area contributed by atoms with Crippen LogP contribution in [-0.4, -0.2) is 16.2 Å². The average Bonchev–Trinajstić information content (AvgIpc) is 2.57. The zero-order chi connectivity index (χ0) is 9.97. The predicted molar refractivity (Wildman–Crippen MR) is 56.4 cm³/mol. The molecule has 0 amide bonds. The Morgan fingerprint density at radius 2 is 2.43 bits per heavy atom. The Bertz CT molecular complexity index is 459. The minimum absolute atomic E-state index is 0.526. The van der Waals surface area contributed by atoms with E-state index in [2.05, 4.69) is 11.6 Å². The molecule has 0 aliphatic rings. The van der Waals surface area contributed by atoms with E-state index in [0.29, 0.717) is 6.61 Å². The van der Waals surface area contributed by atoms with Crippen molar-refractivity contribution in [3.05, 3.63) is 37.2 Å². The SMILES string of the molecule is C=CCOc1ccc2c(c1)ncn2C. The van der Waals surface area contributed by atoms with Crippen molar-refractivity contribution in [1.29, 1.82) is 0 Å². The van der Waals surface area contributed by atoms with E-state index >= 15 is 0 Å².